The molecule has 0 bridgehead atoms. The summed E-state index contributed by atoms with van der Waals surface area (Å²) in [5, 5.41) is 11.7. The van der Waals surface area contributed by atoms with Crippen LogP contribution in [-0.4, -0.2) is 11.7 Å². The second kappa shape index (κ2) is 6.63. The number of carbonyl (C=O) groups excluding carboxylic acids is 2. The number of nitrogens with one attached hydrogen (secondary N) is 1. The molecule has 1 atom stereocenters. The predicted octanol–water partition coefficient (Wildman–Crippen LogP) is 3.28. The zero-order valence-electron chi connectivity index (χ0n) is 12.9. The number of amides is 1. The number of Topliss-reactive ketones (excluding diaryl/α,β-unsaturated/α-hetero) is 1. The zero-order chi connectivity index (χ0) is 17.1. The van der Waals surface area contributed by atoms with Crippen LogP contribution in [0.15, 0.2) is 42.5 Å². The molecule has 0 aliphatic heterocycles. The number of anilines is 1. The highest BCUT2D eigenvalue weighted by Gasteiger charge is 2.28. The Labute approximate surface area is 138 Å². The van der Waals surface area contributed by atoms with Crippen molar-refractivity contribution in [2.45, 2.75) is 19.3 Å². The smallest absolute Gasteiger partial charge is 0.249 e. The Morgan fingerprint density at radius 2 is 1.79 bits per heavy atom. The number of benzene rings is 2. The maximum atomic E-state index is 12.9. The van der Waals surface area contributed by atoms with Gasteiger partial charge < -0.3 is 5.32 Å². The maximum Gasteiger partial charge on any atom is 0.249 e. The topological polar surface area (TPSA) is 70.0 Å². The van der Waals surface area contributed by atoms with Gasteiger partial charge in [-0.05, 0) is 60.7 Å². The molecule has 5 heteroatoms. The summed E-state index contributed by atoms with van der Waals surface area (Å²) in [4.78, 5) is 24.7. The molecule has 2 aromatic rings. The lowest BCUT2D eigenvalue weighted by Crippen LogP contribution is -2.28. The van der Waals surface area contributed by atoms with Gasteiger partial charge in [0, 0.05) is 11.3 Å². The molecule has 0 spiro atoms. The van der Waals surface area contributed by atoms with E-state index in [2.05, 4.69) is 5.32 Å². The summed E-state index contributed by atoms with van der Waals surface area (Å²) < 4.78 is 12.9. The Bertz CT molecular complexity index is 837. The lowest BCUT2D eigenvalue weighted by atomic mass is 9.95. The van der Waals surface area contributed by atoms with Crippen molar-refractivity contribution in [3.63, 3.8) is 0 Å². The zero-order valence-corrected chi connectivity index (χ0v) is 12.9. The predicted molar refractivity (Wildman–Crippen MR) is 86.9 cm³/mol. The normalized spacial score (nSPS) is 13.7. The van der Waals surface area contributed by atoms with Crippen LogP contribution in [0.4, 0.5) is 10.1 Å². The molecular weight excluding hydrogens is 307 g/mol. The highest BCUT2D eigenvalue weighted by Crippen LogP contribution is 2.24. The van der Waals surface area contributed by atoms with Crippen LogP contribution in [0.3, 0.4) is 0 Å². The van der Waals surface area contributed by atoms with Gasteiger partial charge >= 0.3 is 0 Å². The van der Waals surface area contributed by atoms with Gasteiger partial charge in [0.1, 0.15) is 5.82 Å². The Morgan fingerprint density at radius 3 is 2.50 bits per heavy atom. The molecule has 0 fully saturated rings. The van der Waals surface area contributed by atoms with Crippen molar-refractivity contribution in [1.29, 1.82) is 5.26 Å². The molecule has 0 radical (unpaired) electrons. The first kappa shape index (κ1) is 15.9. The highest BCUT2D eigenvalue weighted by atomic mass is 19.1. The molecule has 120 valence electrons. The molecule has 1 aliphatic rings. The van der Waals surface area contributed by atoms with Crippen molar-refractivity contribution in [3.8, 4) is 6.07 Å². The van der Waals surface area contributed by atoms with Crippen LogP contribution in [0.2, 0.25) is 0 Å². The molecule has 0 saturated heterocycles. The van der Waals surface area contributed by atoms with Crippen molar-refractivity contribution in [2.24, 2.45) is 5.92 Å². The standard InChI is InChI=1S/C19H15FN2O2/c20-15-6-8-16(9-7-15)22-19(24)17(11-21)18(23)14-5-4-12-2-1-3-13(12)10-14/h4-10,17H,1-3H2,(H,22,24). The summed E-state index contributed by atoms with van der Waals surface area (Å²) in [7, 11) is 0. The van der Waals surface area contributed by atoms with Crippen molar-refractivity contribution in [2.75, 3.05) is 5.32 Å². The number of hydrogen-bond acceptors (Lipinski definition) is 3. The van der Waals surface area contributed by atoms with Gasteiger partial charge in [-0.2, -0.15) is 5.26 Å². The van der Waals surface area contributed by atoms with Gasteiger partial charge in [0.2, 0.25) is 5.91 Å². The number of hydrogen-bond donors (Lipinski definition) is 1. The van der Waals surface area contributed by atoms with E-state index in [9.17, 15) is 19.2 Å². The summed E-state index contributed by atoms with van der Waals surface area (Å²) in [5.41, 5.74) is 3.03. The first-order valence-corrected chi connectivity index (χ1v) is 7.70. The molecule has 2 aromatic carbocycles. The average Bonchev–Trinajstić information content (AvgIpc) is 3.05. The number of fused-ring (bicyclic) bond motifs is 1. The van der Waals surface area contributed by atoms with Crippen molar-refractivity contribution < 1.29 is 14.0 Å². The monoisotopic (exact) mass is 322 g/mol. The van der Waals surface area contributed by atoms with E-state index in [-0.39, 0.29) is 0 Å². The minimum absolute atomic E-state index is 0.336. The lowest BCUT2D eigenvalue weighted by Gasteiger charge is -2.10. The van der Waals surface area contributed by atoms with Crippen molar-refractivity contribution in [1.82, 2.24) is 0 Å². The van der Waals surface area contributed by atoms with Gasteiger partial charge in [-0.3, -0.25) is 9.59 Å². The van der Waals surface area contributed by atoms with E-state index in [0.717, 1.165) is 24.8 Å². The fraction of sp³-hybridized carbons (Fsp3) is 0.211. The molecular formula is C19H15FN2O2. The van der Waals surface area contributed by atoms with E-state index in [1.165, 1.54) is 29.8 Å². The molecule has 0 heterocycles. The number of aryl methyl sites for hydroxylation is 2. The molecule has 1 N–H and O–H groups in total. The number of ketones is 1. The van der Waals surface area contributed by atoms with Crippen molar-refractivity contribution >= 4 is 17.4 Å². The van der Waals surface area contributed by atoms with Gasteiger partial charge in [0.05, 0.1) is 6.07 Å². The third-order valence-electron chi connectivity index (χ3n) is 4.15. The largest absolute Gasteiger partial charge is 0.325 e. The van der Waals surface area contributed by atoms with E-state index < -0.39 is 23.4 Å². The van der Waals surface area contributed by atoms with Crippen molar-refractivity contribution in [3.05, 3.63) is 65.0 Å². The van der Waals surface area contributed by atoms with Gasteiger partial charge in [0.25, 0.3) is 0 Å². The summed E-state index contributed by atoms with van der Waals surface area (Å²) in [6.45, 7) is 0. The number of nitrogens with zero attached hydrogens (tertiary/aromatic N) is 1. The Kier molecular flexibility index (Phi) is 4.39. The van der Waals surface area contributed by atoms with Crippen LogP contribution >= 0.6 is 0 Å². The van der Waals surface area contributed by atoms with Crippen LogP contribution in [0.1, 0.15) is 27.9 Å². The van der Waals surface area contributed by atoms with E-state index in [1.54, 1.807) is 18.2 Å². The average molecular weight is 322 g/mol. The fourth-order valence-corrected chi connectivity index (χ4v) is 2.88. The van der Waals surface area contributed by atoms with Gasteiger partial charge in [0.15, 0.2) is 11.7 Å². The van der Waals surface area contributed by atoms with Gasteiger partial charge in [-0.1, -0.05) is 12.1 Å². The van der Waals surface area contributed by atoms with Crippen LogP contribution in [0.5, 0.6) is 0 Å². The second-order valence-corrected chi connectivity index (χ2v) is 5.76. The molecule has 24 heavy (non-hydrogen) atoms. The van der Waals surface area contributed by atoms with E-state index >= 15 is 0 Å². The Hall–Kier alpha value is -3.00. The third-order valence-corrected chi connectivity index (χ3v) is 4.15. The number of nitriles is 1. The first-order valence-electron chi connectivity index (χ1n) is 7.70. The minimum atomic E-state index is -1.44. The summed E-state index contributed by atoms with van der Waals surface area (Å²) >= 11 is 0. The summed E-state index contributed by atoms with van der Waals surface area (Å²) in [6.07, 6.45) is 2.96. The SMILES string of the molecule is N#CC(C(=O)Nc1ccc(F)cc1)C(=O)c1ccc2c(c1)CCC2. The molecule has 1 unspecified atom stereocenters. The molecule has 4 nitrogen and oxygen atoms in total. The molecule has 3 rings (SSSR count). The number of halogens is 1. The van der Waals surface area contributed by atoms with Crippen LogP contribution in [0.25, 0.3) is 0 Å². The molecule has 1 aliphatic carbocycles. The Morgan fingerprint density at radius 1 is 1.08 bits per heavy atom. The highest BCUT2D eigenvalue weighted by molar-refractivity contribution is 6.15. The van der Waals surface area contributed by atoms with Gasteiger partial charge in [-0.15, -0.1) is 0 Å². The van der Waals surface area contributed by atoms with Crippen LogP contribution < -0.4 is 5.32 Å². The molecule has 1 amide bonds. The minimum Gasteiger partial charge on any atom is -0.325 e. The number of rotatable bonds is 4. The summed E-state index contributed by atoms with van der Waals surface area (Å²) in [5.74, 6) is -3.10. The third kappa shape index (κ3) is 3.18. The van der Waals surface area contributed by atoms with Crippen LogP contribution in [0, 0.1) is 23.1 Å². The fourth-order valence-electron chi connectivity index (χ4n) is 2.88. The van der Waals surface area contributed by atoms with E-state index in [4.69, 9.17) is 0 Å². The van der Waals surface area contributed by atoms with E-state index in [1.807, 2.05) is 6.07 Å². The molecule has 0 saturated carbocycles. The first-order chi connectivity index (χ1) is 11.6. The van der Waals surface area contributed by atoms with Crippen LogP contribution in [-0.2, 0) is 17.6 Å². The Balaban J connectivity index is 1.77. The molecule has 0 aromatic heterocycles. The van der Waals surface area contributed by atoms with Gasteiger partial charge in [-0.25, -0.2) is 4.39 Å². The maximum absolute atomic E-state index is 12.9. The quantitative estimate of drug-likeness (QED) is 0.694. The van der Waals surface area contributed by atoms with E-state index in [0.29, 0.717) is 11.3 Å². The lowest BCUT2D eigenvalue weighted by molar-refractivity contribution is -0.117. The summed E-state index contributed by atoms with van der Waals surface area (Å²) in [6, 6.07) is 12.2. The second-order valence-electron chi connectivity index (χ2n) is 5.76. The number of carbonyl (C=O) groups is 2.